The van der Waals surface area contributed by atoms with E-state index in [1.165, 1.54) is 0 Å². The Hall–Kier alpha value is -3.83. The normalized spacial score (nSPS) is 22.3. The van der Waals surface area contributed by atoms with E-state index < -0.39 is 48.0 Å². The van der Waals surface area contributed by atoms with Crippen molar-refractivity contribution in [1.29, 1.82) is 0 Å². The number of benzene rings is 1. The van der Waals surface area contributed by atoms with Crippen LogP contribution in [-0.4, -0.2) is 70.6 Å². The van der Waals surface area contributed by atoms with E-state index in [0.29, 0.717) is 38.6 Å². The van der Waals surface area contributed by atoms with Crippen LogP contribution >= 0.6 is 0 Å². The average molecular weight is 562 g/mol. The van der Waals surface area contributed by atoms with Crippen LogP contribution in [0.25, 0.3) is 0 Å². The third-order valence-corrected chi connectivity index (χ3v) is 7.14. The summed E-state index contributed by atoms with van der Waals surface area (Å²) in [7, 11) is 0. The highest BCUT2D eigenvalue weighted by Crippen LogP contribution is 2.14. The third-order valence-electron chi connectivity index (χ3n) is 7.14. The Balaban J connectivity index is 2.17. The molecule has 40 heavy (non-hydrogen) atoms. The van der Waals surface area contributed by atoms with Gasteiger partial charge in [-0.1, -0.05) is 46.2 Å². The van der Waals surface area contributed by atoms with E-state index in [4.69, 9.17) is 0 Å². The van der Waals surface area contributed by atoms with E-state index in [0.717, 1.165) is 5.56 Å². The Morgan fingerprint density at radius 2 is 1.68 bits per heavy atom. The van der Waals surface area contributed by atoms with Crippen LogP contribution in [0, 0.1) is 11.8 Å². The van der Waals surface area contributed by atoms with Gasteiger partial charge in [0.25, 0.3) is 0 Å². The molecule has 0 bridgehead atoms. The molecule has 222 valence electrons. The van der Waals surface area contributed by atoms with Crippen molar-refractivity contribution in [2.45, 2.75) is 90.4 Å². The molecule has 7 N–H and O–H groups in total. The maximum atomic E-state index is 13.3. The summed E-state index contributed by atoms with van der Waals surface area (Å²) in [4.78, 5) is 63.8. The fourth-order valence-electron chi connectivity index (χ4n) is 4.39. The van der Waals surface area contributed by atoms with Crippen LogP contribution in [0.5, 0.6) is 5.75 Å². The van der Waals surface area contributed by atoms with Crippen LogP contribution in [0.15, 0.2) is 24.3 Å². The summed E-state index contributed by atoms with van der Waals surface area (Å²) in [6.07, 6.45) is 2.56. The number of carboxylic acid groups (broad SMARTS) is 1. The molecule has 1 fully saturated rings. The topological polar surface area (TPSA) is 186 Å². The maximum Gasteiger partial charge on any atom is 0.326 e. The van der Waals surface area contributed by atoms with E-state index in [1.807, 2.05) is 6.92 Å². The number of urea groups is 1. The van der Waals surface area contributed by atoms with Crippen molar-refractivity contribution in [3.63, 3.8) is 0 Å². The Labute approximate surface area is 235 Å². The molecule has 2 rings (SSSR count). The van der Waals surface area contributed by atoms with E-state index >= 15 is 0 Å². The molecule has 1 aliphatic rings. The van der Waals surface area contributed by atoms with Gasteiger partial charge in [-0.2, -0.15) is 0 Å². The zero-order valence-electron chi connectivity index (χ0n) is 23.7. The molecule has 0 aliphatic carbocycles. The predicted octanol–water partition coefficient (Wildman–Crippen LogP) is 1.42. The van der Waals surface area contributed by atoms with Crippen LogP contribution in [0.2, 0.25) is 0 Å². The lowest BCUT2D eigenvalue weighted by atomic mass is 9.99. The van der Waals surface area contributed by atoms with E-state index in [2.05, 4.69) is 26.6 Å². The monoisotopic (exact) mass is 561 g/mol. The second kappa shape index (κ2) is 15.7. The number of phenols is 1. The lowest BCUT2D eigenvalue weighted by molar-refractivity contribution is -0.140. The van der Waals surface area contributed by atoms with Crippen molar-refractivity contribution in [3.8, 4) is 5.75 Å². The smallest absolute Gasteiger partial charge is 0.326 e. The fraction of sp³-hybridized carbons (Fsp3) is 0.607. The summed E-state index contributed by atoms with van der Waals surface area (Å²) in [6, 6.07) is 1.87. The highest BCUT2D eigenvalue weighted by atomic mass is 16.4. The summed E-state index contributed by atoms with van der Waals surface area (Å²) in [6.45, 7) is 7.35. The van der Waals surface area contributed by atoms with Crippen molar-refractivity contribution in [3.05, 3.63) is 29.8 Å². The molecule has 0 spiro atoms. The van der Waals surface area contributed by atoms with Crippen LogP contribution in [0.3, 0.4) is 0 Å². The second-order valence-electron chi connectivity index (χ2n) is 10.7. The van der Waals surface area contributed by atoms with Crippen molar-refractivity contribution in [2.75, 3.05) is 6.54 Å². The number of amides is 5. The van der Waals surface area contributed by atoms with Gasteiger partial charge in [0.2, 0.25) is 17.7 Å². The van der Waals surface area contributed by atoms with Crippen molar-refractivity contribution < 1.29 is 34.2 Å². The molecule has 12 nitrogen and oxygen atoms in total. The molecule has 1 saturated heterocycles. The van der Waals surface area contributed by atoms with Crippen LogP contribution in [0.1, 0.15) is 65.4 Å². The quantitative estimate of drug-likeness (QED) is 0.237. The molecule has 1 aromatic rings. The summed E-state index contributed by atoms with van der Waals surface area (Å²) in [5, 5.41) is 32.3. The zero-order valence-corrected chi connectivity index (χ0v) is 23.7. The molecule has 1 aliphatic heterocycles. The number of phenolic OH excluding ortho intramolecular Hbond substituents is 1. The van der Waals surface area contributed by atoms with Crippen molar-refractivity contribution >= 4 is 29.7 Å². The third kappa shape index (κ3) is 10.0. The number of aryl methyl sites for hydroxylation is 1. The van der Waals surface area contributed by atoms with Gasteiger partial charge in [0, 0.05) is 6.54 Å². The first-order chi connectivity index (χ1) is 18.9. The Morgan fingerprint density at radius 3 is 2.27 bits per heavy atom. The Kier molecular flexibility index (Phi) is 12.7. The minimum absolute atomic E-state index is 0.134. The molecule has 0 radical (unpaired) electrons. The first-order valence-corrected chi connectivity index (χ1v) is 13.9. The summed E-state index contributed by atoms with van der Waals surface area (Å²) in [5.74, 6) is -3.12. The second-order valence-corrected chi connectivity index (χ2v) is 10.7. The minimum Gasteiger partial charge on any atom is -0.508 e. The van der Waals surface area contributed by atoms with Crippen LogP contribution in [0.4, 0.5) is 4.79 Å². The van der Waals surface area contributed by atoms with Crippen molar-refractivity contribution in [2.24, 2.45) is 11.8 Å². The number of aromatic hydroxyl groups is 1. The van der Waals surface area contributed by atoms with Crippen LogP contribution in [-0.2, 0) is 25.6 Å². The number of aliphatic carboxylic acids is 1. The first kappa shape index (κ1) is 32.4. The predicted molar refractivity (Wildman–Crippen MR) is 148 cm³/mol. The van der Waals surface area contributed by atoms with Gasteiger partial charge in [0.05, 0.1) is 0 Å². The zero-order chi connectivity index (χ0) is 29.8. The van der Waals surface area contributed by atoms with E-state index in [-0.39, 0.29) is 29.9 Å². The lowest BCUT2D eigenvalue weighted by Gasteiger charge is -2.27. The molecular formula is C28H43N5O7. The van der Waals surface area contributed by atoms with Gasteiger partial charge in [-0.3, -0.25) is 14.4 Å². The summed E-state index contributed by atoms with van der Waals surface area (Å²) in [5.41, 5.74) is 0.891. The number of hydrogen-bond acceptors (Lipinski definition) is 6. The van der Waals surface area contributed by atoms with Gasteiger partial charge in [0.15, 0.2) is 0 Å². The standard InChI is InChI=1S/C28H43N5O7/c1-5-17(4)23(27(38)39)33-28(40)31-20-8-6-7-15-29-24(35)21(14-11-18-9-12-19(34)13-10-18)30-26(37)22(16(2)3)32-25(20)36/h9-10,12-13,16-17,20-23,34H,5-8,11,14-15H2,1-4H3,(H,29,35)(H,30,37)(H,32,36)(H,38,39)(H2,31,33,40)/t17-,20?,21?,22?,23+/m1/s1. The highest BCUT2D eigenvalue weighted by molar-refractivity contribution is 5.94. The maximum absolute atomic E-state index is 13.3. The number of rotatable bonds is 9. The van der Waals surface area contributed by atoms with Gasteiger partial charge >= 0.3 is 12.0 Å². The number of carbonyl (C=O) groups excluding carboxylic acids is 4. The largest absolute Gasteiger partial charge is 0.508 e. The molecule has 1 aromatic carbocycles. The molecule has 5 amide bonds. The van der Waals surface area contributed by atoms with Crippen LogP contribution < -0.4 is 26.6 Å². The first-order valence-electron chi connectivity index (χ1n) is 13.9. The Bertz CT molecular complexity index is 1030. The van der Waals surface area contributed by atoms with E-state index in [1.54, 1.807) is 45.0 Å². The molecule has 12 heteroatoms. The summed E-state index contributed by atoms with van der Waals surface area (Å²) >= 11 is 0. The summed E-state index contributed by atoms with van der Waals surface area (Å²) < 4.78 is 0. The van der Waals surface area contributed by atoms with Gasteiger partial charge < -0.3 is 36.8 Å². The SMILES string of the molecule is CC[C@@H](C)[C@H](NC(=O)NC1CCCCNC(=O)C(CCc2ccc(O)cc2)NC(=O)C(C(C)C)NC1=O)C(=O)O. The Morgan fingerprint density at radius 1 is 1.00 bits per heavy atom. The van der Waals surface area contributed by atoms with E-state index in [9.17, 15) is 34.2 Å². The highest BCUT2D eigenvalue weighted by Gasteiger charge is 2.32. The average Bonchev–Trinajstić information content (AvgIpc) is 2.91. The van der Waals surface area contributed by atoms with Gasteiger partial charge in [-0.15, -0.1) is 0 Å². The number of carboxylic acids is 1. The van der Waals surface area contributed by atoms with Crippen molar-refractivity contribution in [1.82, 2.24) is 26.6 Å². The van der Waals surface area contributed by atoms with Gasteiger partial charge in [-0.05, 0) is 61.6 Å². The number of hydrogen-bond donors (Lipinski definition) is 7. The molecule has 3 unspecified atom stereocenters. The fourth-order valence-corrected chi connectivity index (χ4v) is 4.39. The molecule has 0 aromatic heterocycles. The minimum atomic E-state index is -1.17. The molecule has 1 heterocycles. The number of nitrogens with one attached hydrogen (secondary N) is 5. The van der Waals surface area contributed by atoms with Gasteiger partial charge in [0.1, 0.15) is 29.9 Å². The molecule has 0 saturated carbocycles. The number of carbonyl (C=O) groups is 5. The molecular weight excluding hydrogens is 518 g/mol. The lowest BCUT2D eigenvalue weighted by Crippen LogP contribution is -2.59. The van der Waals surface area contributed by atoms with Gasteiger partial charge in [-0.25, -0.2) is 9.59 Å². The molecule has 5 atom stereocenters.